The van der Waals surface area contributed by atoms with E-state index in [2.05, 4.69) is 244 Å². The molecule has 0 spiro atoms. The van der Waals surface area contributed by atoms with E-state index in [0.29, 0.717) is 0 Å². The molecule has 18 aromatic rings. The summed E-state index contributed by atoms with van der Waals surface area (Å²) in [6.07, 6.45) is 19.0. The summed E-state index contributed by atoms with van der Waals surface area (Å²) in [5.74, 6) is 0. The number of unbranched alkanes of at least 4 members (excludes halogenated alkanes) is 9. The van der Waals surface area contributed by atoms with Gasteiger partial charge < -0.3 is 4.90 Å². The number of hydrogen-bond acceptors (Lipinski definition) is 19. The van der Waals surface area contributed by atoms with Crippen molar-refractivity contribution in [2.75, 3.05) is 4.90 Å². The summed E-state index contributed by atoms with van der Waals surface area (Å²) in [6, 6.07) is 81.5. The molecule has 12 aromatic heterocycles. The van der Waals surface area contributed by atoms with Crippen LogP contribution in [0.15, 0.2) is 218 Å². The Bertz CT molecular complexity index is 5540. The fraction of sp³-hybridized carbons (Fsp3) is 0.200. The van der Waals surface area contributed by atoms with Crippen molar-refractivity contribution in [3.05, 3.63) is 233 Å². The molecule has 0 radical (unpaired) electrons. The summed E-state index contributed by atoms with van der Waals surface area (Å²) in [6.45, 7) is 6.84. The predicted octanol–water partition coefficient (Wildman–Crippen LogP) is 32.1. The first kappa shape index (κ1) is 72.4. The van der Waals surface area contributed by atoms with Gasteiger partial charge in [0.15, 0.2) is 0 Å². The molecule has 0 aliphatic heterocycles. The quantitative estimate of drug-likeness (QED) is 0.0415. The van der Waals surface area contributed by atoms with Crippen molar-refractivity contribution in [1.82, 2.24) is 26.2 Å². The molecule has 12 heterocycles. The van der Waals surface area contributed by atoms with Crippen molar-refractivity contribution in [3.63, 3.8) is 0 Å². The lowest BCUT2D eigenvalue weighted by atomic mass is 9.99. The molecule has 109 heavy (non-hydrogen) atoms. The third-order valence-electron chi connectivity index (χ3n) is 20.3. The molecule has 0 atom stereocenters. The van der Waals surface area contributed by atoms with Gasteiger partial charge in [-0.05, 0) is 201 Å². The van der Waals surface area contributed by atoms with E-state index in [4.69, 9.17) is 26.2 Å². The minimum absolute atomic E-state index is 0.914. The van der Waals surface area contributed by atoms with Crippen molar-refractivity contribution in [2.45, 2.75) is 117 Å². The van der Waals surface area contributed by atoms with Crippen molar-refractivity contribution in [2.24, 2.45) is 0 Å². The van der Waals surface area contributed by atoms with E-state index in [9.17, 15) is 0 Å². The molecule has 0 fully saturated rings. The molecule has 7 nitrogen and oxygen atoms in total. The zero-order valence-electron chi connectivity index (χ0n) is 60.4. The molecule has 0 amide bonds. The van der Waals surface area contributed by atoms with Crippen LogP contribution >= 0.6 is 137 Å². The molecule has 0 saturated carbocycles. The maximum atomic E-state index is 4.98. The standard InChI is InChI=1S/C90H75N7S12/c1-4-7-10-13-16-61-31-40-73(98-61)76-49-52-82(104-76)79-46-43-70(101-79)67-37-34-64(85-88(67)94-107-91-85)55-19-25-58(26-20-55)97(59-27-21-56(22-28-59)65-35-38-68(89-86(65)92-108-95-89)71-44-47-80(102-71)83-53-50-77(105-83)74-41-32-62(99-74)17-14-11-8-5-2)60-29-23-57(24-30-60)66-36-39-69(90-87(66)93-109-96-90)72-45-48-81(103-72)84-54-51-78(106-84)75-42-33-63(100-75)18-15-12-9-6-3/h19-54H,4-18H2,1-3H3. The van der Waals surface area contributed by atoms with Crippen LogP contribution in [0.25, 0.3) is 156 Å². The number of rotatable bonds is 30. The molecule has 0 saturated heterocycles. The van der Waals surface area contributed by atoms with Crippen LogP contribution < -0.4 is 4.90 Å². The van der Waals surface area contributed by atoms with Gasteiger partial charge in [0.05, 0.1) is 35.2 Å². The van der Waals surface area contributed by atoms with E-state index in [1.807, 2.05) is 102 Å². The molecular formula is C90H75N7S12. The lowest BCUT2D eigenvalue weighted by Crippen LogP contribution is -2.09. The maximum Gasteiger partial charge on any atom is 0.114 e. The molecule has 19 heteroatoms. The number of hydrogen-bond donors (Lipinski definition) is 0. The summed E-state index contributed by atoms with van der Waals surface area (Å²) < 4.78 is 29.8. The zero-order chi connectivity index (χ0) is 73.2. The van der Waals surface area contributed by atoms with Crippen LogP contribution in [0.2, 0.25) is 0 Å². The second-order valence-corrected chi connectivity index (χ2v) is 39.1. The molecule has 0 aliphatic carbocycles. The van der Waals surface area contributed by atoms with Crippen LogP contribution in [0, 0.1) is 0 Å². The molecular weight excluding hydrogens is 1560 g/mol. The monoisotopic (exact) mass is 1640 g/mol. The van der Waals surface area contributed by atoms with Crippen LogP contribution in [0.5, 0.6) is 0 Å². The van der Waals surface area contributed by atoms with Gasteiger partial charge >= 0.3 is 0 Å². The average molecular weight is 1640 g/mol. The zero-order valence-corrected chi connectivity index (χ0v) is 70.2. The summed E-state index contributed by atoms with van der Waals surface area (Å²) in [5, 5.41) is 0. The van der Waals surface area contributed by atoms with Crippen molar-refractivity contribution >= 4 is 187 Å². The molecule has 0 unspecified atom stereocenters. The number of aryl methyl sites for hydroxylation is 3. The highest BCUT2D eigenvalue weighted by Gasteiger charge is 2.24. The van der Waals surface area contributed by atoms with E-state index in [1.54, 1.807) is 0 Å². The lowest BCUT2D eigenvalue weighted by Gasteiger charge is -2.26. The van der Waals surface area contributed by atoms with Gasteiger partial charge in [0.1, 0.15) is 33.1 Å². The Labute approximate surface area is 684 Å². The number of fused-ring (bicyclic) bond motifs is 3. The van der Waals surface area contributed by atoms with Gasteiger partial charge in [-0.1, -0.05) is 151 Å². The Morgan fingerprint density at radius 3 is 0.670 bits per heavy atom. The molecule has 0 N–H and O–H groups in total. The number of anilines is 3. The molecule has 542 valence electrons. The fourth-order valence-electron chi connectivity index (χ4n) is 14.5. The smallest absolute Gasteiger partial charge is 0.114 e. The van der Waals surface area contributed by atoms with Crippen molar-refractivity contribution in [3.8, 4) is 123 Å². The Morgan fingerprint density at radius 1 is 0.202 bits per heavy atom. The second-order valence-electron chi connectivity index (χ2n) is 27.6. The predicted molar refractivity (Wildman–Crippen MR) is 484 cm³/mol. The molecule has 0 bridgehead atoms. The van der Waals surface area contributed by atoms with Gasteiger partial charge in [0.2, 0.25) is 0 Å². The van der Waals surface area contributed by atoms with E-state index in [1.165, 1.54) is 219 Å². The number of aromatic nitrogens is 6. The summed E-state index contributed by atoms with van der Waals surface area (Å²) >= 11 is 20.8. The van der Waals surface area contributed by atoms with Crippen LogP contribution in [0.4, 0.5) is 17.1 Å². The van der Waals surface area contributed by atoms with Crippen LogP contribution in [0.1, 0.15) is 112 Å². The Morgan fingerprint density at radius 2 is 0.413 bits per heavy atom. The third-order valence-corrected chi connectivity index (χ3v) is 33.1. The number of benzene rings is 6. The number of nitrogens with zero attached hydrogens (tertiary/aromatic N) is 7. The molecule has 18 rings (SSSR count). The Balaban J connectivity index is 0.622. The Kier molecular flexibility index (Phi) is 22.0. The first-order valence-electron chi connectivity index (χ1n) is 37.6. The normalized spacial score (nSPS) is 11.8. The topological polar surface area (TPSA) is 80.6 Å². The van der Waals surface area contributed by atoms with Gasteiger partial charge in [-0.3, -0.25) is 0 Å². The van der Waals surface area contributed by atoms with Crippen LogP contribution in [0.3, 0.4) is 0 Å². The summed E-state index contributed by atoms with van der Waals surface area (Å²) in [5.41, 5.74) is 18.3. The average Bonchev–Trinajstić information content (AvgIpc) is 1.71. The van der Waals surface area contributed by atoms with E-state index >= 15 is 0 Å². The lowest BCUT2D eigenvalue weighted by molar-refractivity contribution is 0.670. The van der Waals surface area contributed by atoms with Crippen molar-refractivity contribution < 1.29 is 0 Å². The van der Waals surface area contributed by atoms with Crippen molar-refractivity contribution in [1.29, 1.82) is 0 Å². The SMILES string of the molecule is CCCCCCc1ccc(-c2ccc(-c3ccc(-c4ccc(-c5ccc(N(c6ccc(-c7ccc(-c8ccc(-c9ccc(-c%10ccc(CCCCCC)s%10)s9)s8)c8nsnc78)cc6)c6ccc(-c7ccc(-c8ccc(-c9ccc(-c%10ccc(CCCCCC)s%10)s9)s8)c8nsnc78)cc6)cc5)c5nsnc45)s3)s2)s1. The first-order chi connectivity index (χ1) is 53.8. The number of thiophene rings is 9. The third kappa shape index (κ3) is 15.3. The fourth-order valence-corrected chi connectivity index (χ4v) is 26.0. The highest BCUT2D eigenvalue weighted by atomic mass is 32.2. The van der Waals surface area contributed by atoms with E-state index in [0.717, 1.165) is 100 Å². The molecule has 6 aromatic carbocycles. The van der Waals surface area contributed by atoms with E-state index in [-0.39, 0.29) is 0 Å². The van der Waals surface area contributed by atoms with Crippen LogP contribution in [-0.4, -0.2) is 26.2 Å². The largest absolute Gasteiger partial charge is 0.311 e. The first-order valence-corrected chi connectivity index (χ1v) is 47.1. The van der Waals surface area contributed by atoms with Gasteiger partial charge in [-0.15, -0.1) is 102 Å². The minimum Gasteiger partial charge on any atom is -0.311 e. The van der Waals surface area contributed by atoms with Gasteiger partial charge in [0, 0.05) is 138 Å². The van der Waals surface area contributed by atoms with Crippen LogP contribution in [-0.2, 0) is 19.3 Å². The minimum atomic E-state index is 0.914. The summed E-state index contributed by atoms with van der Waals surface area (Å²) in [4.78, 5) is 26.2. The van der Waals surface area contributed by atoms with Gasteiger partial charge in [0.25, 0.3) is 0 Å². The highest BCUT2D eigenvalue weighted by molar-refractivity contribution is 7.29. The second kappa shape index (κ2) is 33.1. The summed E-state index contributed by atoms with van der Waals surface area (Å²) in [7, 11) is 0. The maximum absolute atomic E-state index is 4.98. The highest BCUT2D eigenvalue weighted by Crippen LogP contribution is 2.50. The van der Waals surface area contributed by atoms with Gasteiger partial charge in [-0.25, -0.2) is 0 Å². The molecule has 0 aliphatic rings. The van der Waals surface area contributed by atoms with Gasteiger partial charge in [-0.2, -0.15) is 26.2 Å². The Hall–Kier alpha value is -8.12. The van der Waals surface area contributed by atoms with E-state index < -0.39 is 0 Å².